The standard InChI is InChI=1S/C16H23NOS.ClH/c1-3-15-13(2)19-12-11-17(15)10-9-16(18)14-7-5-4-6-8-14;/h4-8,13,15H,3,9-12H2,1-2H3;1H. The summed E-state index contributed by atoms with van der Waals surface area (Å²) >= 11 is 2.08. The number of halogens is 1. The molecule has 112 valence electrons. The Hall–Kier alpha value is -0.510. The van der Waals surface area contributed by atoms with E-state index >= 15 is 0 Å². The molecule has 3 unspecified atom stereocenters. The molecule has 0 bridgehead atoms. The van der Waals surface area contributed by atoms with Crippen molar-refractivity contribution in [3.05, 3.63) is 35.9 Å². The van der Waals surface area contributed by atoms with Crippen molar-refractivity contribution in [1.82, 2.24) is 0 Å². The van der Waals surface area contributed by atoms with E-state index in [1.54, 1.807) is 4.90 Å². The smallest absolute Gasteiger partial charge is 0.168 e. The number of Topliss-reactive ketones (excluding diaryl/α,β-unsaturated/α-hetero) is 1. The van der Waals surface area contributed by atoms with E-state index in [0.717, 1.165) is 17.4 Å². The minimum atomic E-state index is 0. The third-order valence-electron chi connectivity index (χ3n) is 4.10. The number of carbonyl (C=O) groups is 1. The summed E-state index contributed by atoms with van der Waals surface area (Å²) in [6.45, 7) is 6.79. The van der Waals surface area contributed by atoms with Gasteiger partial charge in [-0.05, 0) is 13.3 Å². The molecule has 1 saturated heterocycles. The van der Waals surface area contributed by atoms with E-state index in [1.807, 2.05) is 30.3 Å². The SMILES string of the molecule is CCC1C(C)SCC[NH+]1CCC(=O)c1ccccc1.[Cl-]. The summed E-state index contributed by atoms with van der Waals surface area (Å²) in [7, 11) is 0. The summed E-state index contributed by atoms with van der Waals surface area (Å²) in [5, 5.41) is 0.723. The fourth-order valence-electron chi connectivity index (χ4n) is 2.98. The Morgan fingerprint density at radius 1 is 1.35 bits per heavy atom. The lowest BCUT2D eigenvalue weighted by Gasteiger charge is -2.36. The molecule has 0 spiro atoms. The Balaban J connectivity index is 0.00000200. The molecule has 2 rings (SSSR count). The quantitative estimate of drug-likeness (QED) is 0.709. The number of quaternary nitrogens is 1. The van der Waals surface area contributed by atoms with Gasteiger partial charge in [-0.15, -0.1) is 11.8 Å². The van der Waals surface area contributed by atoms with Crippen molar-refractivity contribution >= 4 is 17.5 Å². The number of nitrogens with one attached hydrogen (secondary N) is 1. The van der Waals surface area contributed by atoms with E-state index < -0.39 is 0 Å². The third-order valence-corrected chi connectivity index (χ3v) is 5.40. The number of rotatable bonds is 5. The fraction of sp³-hybridized carbons (Fsp3) is 0.562. The van der Waals surface area contributed by atoms with Crippen LogP contribution >= 0.6 is 11.8 Å². The van der Waals surface area contributed by atoms with Crippen LogP contribution in [0, 0.1) is 0 Å². The molecular weight excluding hydrogens is 290 g/mol. The van der Waals surface area contributed by atoms with Crippen molar-refractivity contribution in [1.29, 1.82) is 0 Å². The number of ketones is 1. The van der Waals surface area contributed by atoms with E-state index in [4.69, 9.17) is 0 Å². The molecule has 3 atom stereocenters. The van der Waals surface area contributed by atoms with E-state index in [0.29, 0.717) is 12.5 Å². The van der Waals surface area contributed by atoms with Crippen molar-refractivity contribution in [2.24, 2.45) is 0 Å². The van der Waals surface area contributed by atoms with Crippen molar-refractivity contribution in [2.75, 3.05) is 18.8 Å². The fourth-order valence-corrected chi connectivity index (χ4v) is 4.35. The van der Waals surface area contributed by atoms with Crippen LogP contribution in [0.4, 0.5) is 0 Å². The van der Waals surface area contributed by atoms with Gasteiger partial charge in [-0.25, -0.2) is 0 Å². The Morgan fingerprint density at radius 3 is 2.70 bits per heavy atom. The van der Waals surface area contributed by atoms with Gasteiger partial charge < -0.3 is 17.3 Å². The summed E-state index contributed by atoms with van der Waals surface area (Å²) in [6, 6.07) is 10.4. The van der Waals surface area contributed by atoms with Gasteiger partial charge in [-0.2, -0.15) is 0 Å². The first-order valence-corrected chi connectivity index (χ1v) is 8.31. The highest BCUT2D eigenvalue weighted by molar-refractivity contribution is 7.99. The lowest BCUT2D eigenvalue weighted by molar-refractivity contribution is -0.923. The van der Waals surface area contributed by atoms with Crippen LogP contribution in [0.2, 0.25) is 0 Å². The van der Waals surface area contributed by atoms with Crippen molar-refractivity contribution in [3.63, 3.8) is 0 Å². The zero-order valence-corrected chi connectivity index (χ0v) is 13.8. The third kappa shape index (κ3) is 4.51. The largest absolute Gasteiger partial charge is 1.00 e. The molecule has 4 heteroatoms. The average Bonchev–Trinajstić information content (AvgIpc) is 2.45. The van der Waals surface area contributed by atoms with Crippen LogP contribution in [-0.4, -0.2) is 35.9 Å². The van der Waals surface area contributed by atoms with Gasteiger partial charge in [0.05, 0.1) is 30.8 Å². The van der Waals surface area contributed by atoms with Gasteiger partial charge in [0.25, 0.3) is 0 Å². The van der Waals surface area contributed by atoms with Crippen LogP contribution in [0.25, 0.3) is 0 Å². The van der Waals surface area contributed by atoms with Crippen molar-refractivity contribution in [3.8, 4) is 0 Å². The highest BCUT2D eigenvalue weighted by atomic mass is 35.5. The van der Waals surface area contributed by atoms with E-state index in [9.17, 15) is 4.79 Å². The second-order valence-corrected chi connectivity index (χ2v) is 6.77. The second-order valence-electron chi connectivity index (χ2n) is 5.29. The maximum Gasteiger partial charge on any atom is 0.168 e. The summed E-state index contributed by atoms with van der Waals surface area (Å²) < 4.78 is 0. The minimum Gasteiger partial charge on any atom is -1.00 e. The Bertz CT molecular complexity index is 412. The highest BCUT2D eigenvalue weighted by Crippen LogP contribution is 2.17. The summed E-state index contributed by atoms with van der Waals surface area (Å²) in [4.78, 5) is 13.8. The van der Waals surface area contributed by atoms with Gasteiger partial charge >= 0.3 is 0 Å². The Kier molecular flexibility index (Phi) is 7.63. The lowest BCUT2D eigenvalue weighted by Crippen LogP contribution is -3.18. The van der Waals surface area contributed by atoms with Gasteiger partial charge in [-0.1, -0.05) is 37.3 Å². The van der Waals surface area contributed by atoms with Crippen LogP contribution < -0.4 is 17.3 Å². The summed E-state index contributed by atoms with van der Waals surface area (Å²) in [5.74, 6) is 1.51. The molecule has 1 aliphatic heterocycles. The van der Waals surface area contributed by atoms with Crippen molar-refractivity contribution < 1.29 is 22.1 Å². The zero-order chi connectivity index (χ0) is 13.7. The van der Waals surface area contributed by atoms with Crippen molar-refractivity contribution in [2.45, 2.75) is 38.0 Å². The predicted molar refractivity (Wildman–Crippen MR) is 82.1 cm³/mol. The molecule has 0 aromatic heterocycles. The van der Waals surface area contributed by atoms with Gasteiger partial charge in [0.1, 0.15) is 0 Å². The van der Waals surface area contributed by atoms with Crippen LogP contribution in [-0.2, 0) is 0 Å². The molecular formula is C16H24ClNOS. The molecule has 2 nitrogen and oxygen atoms in total. The highest BCUT2D eigenvalue weighted by Gasteiger charge is 2.31. The van der Waals surface area contributed by atoms with Crippen LogP contribution in [0.5, 0.6) is 0 Å². The molecule has 1 aromatic carbocycles. The first kappa shape index (κ1) is 17.5. The summed E-state index contributed by atoms with van der Waals surface area (Å²) in [5.41, 5.74) is 0.856. The Morgan fingerprint density at radius 2 is 2.05 bits per heavy atom. The number of carbonyl (C=O) groups excluding carboxylic acids is 1. The first-order valence-electron chi connectivity index (χ1n) is 7.26. The lowest BCUT2D eigenvalue weighted by atomic mass is 10.1. The molecule has 0 amide bonds. The molecule has 20 heavy (non-hydrogen) atoms. The monoisotopic (exact) mass is 313 g/mol. The average molecular weight is 314 g/mol. The maximum atomic E-state index is 12.1. The van der Waals surface area contributed by atoms with Gasteiger partial charge in [0.2, 0.25) is 0 Å². The summed E-state index contributed by atoms with van der Waals surface area (Å²) in [6.07, 6.45) is 1.89. The number of thioether (sulfide) groups is 1. The van der Waals surface area contributed by atoms with Gasteiger partial charge in [0.15, 0.2) is 5.78 Å². The number of hydrogen-bond donors (Lipinski definition) is 1. The van der Waals surface area contributed by atoms with E-state index in [1.165, 1.54) is 18.7 Å². The molecule has 1 N–H and O–H groups in total. The predicted octanol–water partition coefficient (Wildman–Crippen LogP) is -0.938. The topological polar surface area (TPSA) is 21.5 Å². The van der Waals surface area contributed by atoms with E-state index in [2.05, 4.69) is 25.6 Å². The molecule has 1 fully saturated rings. The molecule has 0 radical (unpaired) electrons. The number of hydrogen-bond acceptors (Lipinski definition) is 2. The molecule has 1 aliphatic rings. The van der Waals surface area contributed by atoms with Gasteiger partial charge in [0, 0.05) is 11.3 Å². The zero-order valence-electron chi connectivity index (χ0n) is 12.3. The molecule has 1 aromatic rings. The minimum absolute atomic E-state index is 0. The second kappa shape index (κ2) is 8.71. The van der Waals surface area contributed by atoms with Crippen LogP contribution in [0.1, 0.15) is 37.0 Å². The maximum absolute atomic E-state index is 12.1. The normalized spacial score (nSPS) is 25.8. The van der Waals surface area contributed by atoms with Crippen LogP contribution in [0.15, 0.2) is 30.3 Å². The molecule has 0 aliphatic carbocycles. The first-order chi connectivity index (χ1) is 9.22. The van der Waals surface area contributed by atoms with Crippen LogP contribution in [0.3, 0.4) is 0 Å². The molecule has 1 heterocycles. The molecule has 0 saturated carbocycles. The van der Waals surface area contributed by atoms with Gasteiger partial charge in [-0.3, -0.25) is 4.79 Å². The number of benzene rings is 1. The van der Waals surface area contributed by atoms with E-state index in [-0.39, 0.29) is 18.2 Å². The Labute approximate surface area is 132 Å².